The van der Waals surface area contributed by atoms with Crippen molar-refractivity contribution in [1.82, 2.24) is 16.0 Å². The Balaban J connectivity index is 1.50. The van der Waals surface area contributed by atoms with Gasteiger partial charge >= 0.3 is 0 Å². The number of rotatable bonds is 35. The van der Waals surface area contributed by atoms with Gasteiger partial charge in [-0.15, -0.1) is 0 Å². The molecule has 4 aromatic carbocycles. The van der Waals surface area contributed by atoms with Gasteiger partial charge in [0.2, 0.25) is 0 Å². The van der Waals surface area contributed by atoms with E-state index in [0.29, 0.717) is 48.1 Å². The number of ether oxygens (including phenoxy) is 4. The van der Waals surface area contributed by atoms with Gasteiger partial charge in [-0.05, 0) is 116 Å². The maximum atomic E-state index is 14.2. The van der Waals surface area contributed by atoms with E-state index < -0.39 is 65.1 Å². The number of amides is 4. The first-order valence-electron chi connectivity index (χ1n) is 26.4. The summed E-state index contributed by atoms with van der Waals surface area (Å²) in [5.41, 5.74) is 46.3. The monoisotopic (exact) mass is 1150 g/mol. The topological polar surface area (TPSA) is 455 Å². The van der Waals surface area contributed by atoms with E-state index in [1.54, 1.807) is 24.3 Å². The molecule has 19 N–H and O–H groups in total. The molecule has 0 aliphatic heterocycles. The van der Waals surface area contributed by atoms with Crippen LogP contribution in [0.4, 0.5) is 0 Å². The van der Waals surface area contributed by atoms with Crippen LogP contribution in [0.2, 0.25) is 0 Å². The second-order valence-corrected chi connectivity index (χ2v) is 19.3. The van der Waals surface area contributed by atoms with Crippen LogP contribution in [0.25, 0.3) is 0 Å². The van der Waals surface area contributed by atoms with Crippen LogP contribution in [0.15, 0.2) is 87.8 Å². The van der Waals surface area contributed by atoms with E-state index >= 15 is 0 Å². The van der Waals surface area contributed by atoms with E-state index in [-0.39, 0.29) is 127 Å². The zero-order valence-corrected chi connectivity index (χ0v) is 47.3. The number of hydrogen-bond donors (Lipinski definition) is 11. The summed E-state index contributed by atoms with van der Waals surface area (Å²) < 4.78 is 21.7. The normalized spacial score (nSPS) is 12.2. The largest absolute Gasteiger partial charge is 0.496 e. The van der Waals surface area contributed by atoms with Crippen molar-refractivity contribution in [2.45, 2.75) is 95.3 Å². The fourth-order valence-corrected chi connectivity index (χ4v) is 8.66. The molecular formula is C57H76N14O12. The number of carbonyl (C=O) groups is 8. The standard InChI is InChI=1S/C57H76N14O12/c1-31(43(72)27-33-13-17-49(82-4)38(24-33)53(78)70-41(10-7-21-67-56(62)63)45(74)29-32-12-16-47(80-2)36(23-32)51(59)76)69-52(77)37-26-35(15-19-48(37)81-3)30-46(75)42(11-8-22-68-57(64)65)71-54(79)39-25-34(14-18-50(39)83-5)28-44(73)40(58)9-6-20-66-55(60)61/h12-19,23-26,31,40-42H,6-11,20-22,27-30,58H2,1-5H3,(H2,59,76)(H,69,77)(H,70,78)(H,71,79)(H4,60,61,66)(H4,62,63,67)(H4,64,65,68)/t31-,40-,41-,42-/m1/s1. The number of benzene rings is 4. The predicted octanol–water partition coefficient (Wildman–Crippen LogP) is 0.170. The molecule has 0 aliphatic rings. The number of nitrogens with one attached hydrogen (secondary N) is 3. The number of nitrogens with two attached hydrogens (primary N) is 8. The molecule has 0 bridgehead atoms. The molecule has 0 aromatic heterocycles. The molecule has 83 heavy (non-hydrogen) atoms. The van der Waals surface area contributed by atoms with Gasteiger partial charge in [0, 0.05) is 45.3 Å². The molecule has 446 valence electrons. The van der Waals surface area contributed by atoms with Gasteiger partial charge in [-0.25, -0.2) is 0 Å². The molecule has 0 spiro atoms. The van der Waals surface area contributed by atoms with Gasteiger partial charge in [-0.1, -0.05) is 24.3 Å². The molecule has 4 atom stereocenters. The zero-order chi connectivity index (χ0) is 61.3. The van der Waals surface area contributed by atoms with Crippen molar-refractivity contribution in [2.75, 3.05) is 48.1 Å². The molecule has 0 fully saturated rings. The number of hydrogen-bond acceptors (Lipinski definition) is 16. The maximum Gasteiger partial charge on any atom is 0.255 e. The number of nitrogens with zero attached hydrogens (tertiary/aromatic N) is 3. The summed E-state index contributed by atoms with van der Waals surface area (Å²) in [5, 5.41) is 8.29. The summed E-state index contributed by atoms with van der Waals surface area (Å²) in [6, 6.07) is 14.2. The van der Waals surface area contributed by atoms with Gasteiger partial charge in [-0.2, -0.15) is 0 Å². The van der Waals surface area contributed by atoms with Gasteiger partial charge in [0.1, 0.15) is 23.0 Å². The number of aliphatic imine (C=N–C) groups is 3. The third-order valence-corrected chi connectivity index (χ3v) is 13.1. The van der Waals surface area contributed by atoms with E-state index in [0.717, 1.165) is 0 Å². The van der Waals surface area contributed by atoms with E-state index in [1.807, 2.05) is 0 Å². The average molecular weight is 1150 g/mol. The van der Waals surface area contributed by atoms with Crippen molar-refractivity contribution in [2.24, 2.45) is 60.8 Å². The quantitative estimate of drug-likeness (QED) is 0.0166. The Bertz CT molecular complexity index is 3080. The maximum absolute atomic E-state index is 14.2. The molecule has 26 heteroatoms. The minimum absolute atomic E-state index is 0.00137. The van der Waals surface area contributed by atoms with E-state index in [2.05, 4.69) is 30.9 Å². The predicted molar refractivity (Wildman–Crippen MR) is 312 cm³/mol. The Morgan fingerprint density at radius 2 is 0.723 bits per heavy atom. The van der Waals surface area contributed by atoms with Crippen LogP contribution < -0.4 is 80.8 Å². The first kappa shape index (κ1) is 65.9. The van der Waals surface area contributed by atoms with Crippen molar-refractivity contribution < 1.29 is 57.3 Å². The van der Waals surface area contributed by atoms with Gasteiger partial charge in [0.05, 0.1) is 74.9 Å². The lowest BCUT2D eigenvalue weighted by molar-refractivity contribution is -0.121. The smallest absolute Gasteiger partial charge is 0.255 e. The Morgan fingerprint density at radius 3 is 1.06 bits per heavy atom. The lowest BCUT2D eigenvalue weighted by Gasteiger charge is -2.20. The minimum Gasteiger partial charge on any atom is -0.496 e. The van der Waals surface area contributed by atoms with Crippen molar-refractivity contribution in [3.63, 3.8) is 0 Å². The first-order chi connectivity index (χ1) is 39.5. The molecule has 0 aliphatic carbocycles. The SMILES string of the molecule is COc1ccc(CC(=O)[C@@H](CCCN=C(N)N)NC(=O)c2cc(CC(=O)[C@@H](C)NC(=O)c3cc(CC(=O)[C@@H](CCCN=C(N)N)NC(=O)c4cc(CC(=O)[C@H](N)CCCN=C(N)N)ccc4OC)ccc3OC)ccc2OC)cc1C(N)=O. The molecule has 0 unspecified atom stereocenters. The second kappa shape index (κ2) is 32.6. The Labute approximate surface area is 480 Å². The Hall–Kier alpha value is -9.59. The summed E-state index contributed by atoms with van der Waals surface area (Å²) in [4.78, 5) is 121. The average Bonchev–Trinajstić information content (AvgIpc) is 3.64. The van der Waals surface area contributed by atoms with Gasteiger partial charge in [-0.3, -0.25) is 53.3 Å². The molecule has 4 amide bonds. The van der Waals surface area contributed by atoms with Crippen molar-refractivity contribution >= 4 is 64.6 Å². The van der Waals surface area contributed by atoms with E-state index in [4.69, 9.17) is 64.8 Å². The summed E-state index contributed by atoms with van der Waals surface area (Å²) >= 11 is 0. The molecule has 26 nitrogen and oxygen atoms in total. The third kappa shape index (κ3) is 20.8. The van der Waals surface area contributed by atoms with Crippen LogP contribution in [0.5, 0.6) is 23.0 Å². The number of primary amides is 1. The molecule has 0 saturated heterocycles. The number of guanidine groups is 3. The fraction of sp³-hybridized carbons (Fsp3) is 0.386. The van der Waals surface area contributed by atoms with Crippen LogP contribution in [0, 0.1) is 0 Å². The van der Waals surface area contributed by atoms with Crippen LogP contribution >= 0.6 is 0 Å². The van der Waals surface area contributed by atoms with Crippen LogP contribution in [0.1, 0.15) is 109 Å². The van der Waals surface area contributed by atoms with Crippen molar-refractivity contribution in [3.05, 3.63) is 117 Å². The highest BCUT2D eigenvalue weighted by atomic mass is 16.5. The Morgan fingerprint density at radius 1 is 0.422 bits per heavy atom. The molecule has 4 aromatic rings. The summed E-state index contributed by atoms with van der Waals surface area (Å²) in [6.07, 6.45) is 0.843. The van der Waals surface area contributed by atoms with Gasteiger partial charge in [0.25, 0.3) is 23.6 Å². The Kier molecular flexibility index (Phi) is 25.9. The molecule has 0 radical (unpaired) electrons. The molecular weight excluding hydrogens is 1070 g/mol. The summed E-state index contributed by atoms with van der Waals surface area (Å²) in [6.45, 7) is 2.11. The highest BCUT2D eigenvalue weighted by molar-refractivity contribution is 6.03. The lowest BCUT2D eigenvalue weighted by Crippen LogP contribution is -2.42. The first-order valence-corrected chi connectivity index (χ1v) is 26.4. The second-order valence-electron chi connectivity index (χ2n) is 19.3. The lowest BCUT2D eigenvalue weighted by atomic mass is 9.96. The summed E-state index contributed by atoms with van der Waals surface area (Å²) in [7, 11) is 5.45. The number of carbonyl (C=O) groups excluding carboxylic acids is 8. The fourth-order valence-electron chi connectivity index (χ4n) is 8.66. The van der Waals surface area contributed by atoms with E-state index in [9.17, 15) is 38.4 Å². The van der Waals surface area contributed by atoms with E-state index in [1.165, 1.54) is 83.9 Å². The number of methoxy groups -OCH3 is 4. The molecule has 0 saturated carbocycles. The van der Waals surface area contributed by atoms with Gasteiger partial charge in [0.15, 0.2) is 41.0 Å². The zero-order valence-electron chi connectivity index (χ0n) is 47.3. The molecule has 4 rings (SSSR count). The van der Waals surface area contributed by atoms with Gasteiger partial charge < -0.3 is 80.8 Å². The highest BCUT2D eigenvalue weighted by Gasteiger charge is 2.28. The van der Waals surface area contributed by atoms with Crippen LogP contribution in [0.3, 0.4) is 0 Å². The number of ketones is 4. The minimum atomic E-state index is -1.10. The van der Waals surface area contributed by atoms with Crippen molar-refractivity contribution in [1.29, 1.82) is 0 Å². The third-order valence-electron chi connectivity index (χ3n) is 13.1. The molecule has 0 heterocycles. The van der Waals surface area contributed by atoms with Crippen LogP contribution in [-0.2, 0) is 44.9 Å². The van der Waals surface area contributed by atoms with Crippen LogP contribution in [-0.4, -0.2) is 137 Å². The number of Topliss-reactive ketones (excluding diaryl/α,β-unsaturated/α-hetero) is 4. The highest BCUT2D eigenvalue weighted by Crippen LogP contribution is 2.26. The summed E-state index contributed by atoms with van der Waals surface area (Å²) in [5.74, 6) is -4.07. The van der Waals surface area contributed by atoms with Crippen molar-refractivity contribution in [3.8, 4) is 23.0 Å².